The van der Waals surface area contributed by atoms with E-state index in [1.54, 1.807) is 6.26 Å². The Morgan fingerprint density at radius 2 is 2.42 bits per heavy atom. The molecular weight excluding hydrogens is 190 g/mol. The first-order chi connectivity index (χ1) is 5.70. The lowest BCUT2D eigenvalue weighted by atomic mass is 10.2. The summed E-state index contributed by atoms with van der Waals surface area (Å²) < 4.78 is 10.8. The normalized spacial score (nSPS) is 32.2. The van der Waals surface area contributed by atoms with E-state index in [0.717, 1.165) is 17.5 Å². The van der Waals surface area contributed by atoms with Gasteiger partial charge in [0.15, 0.2) is 0 Å². The minimum absolute atomic E-state index is 0.646. The summed E-state index contributed by atoms with van der Waals surface area (Å²) in [7, 11) is -0.646. The molecule has 0 aromatic rings. The summed E-state index contributed by atoms with van der Waals surface area (Å²) in [5.74, 6) is 2.06. The molecule has 1 heterocycles. The molecule has 0 bridgehead atoms. The van der Waals surface area contributed by atoms with E-state index in [1.165, 1.54) is 12.2 Å². The number of nitrogens with one attached hydrogen (secondary N) is 1. The Balaban J connectivity index is 2.10. The topological polar surface area (TPSA) is 29.1 Å². The first-order valence-electron chi connectivity index (χ1n) is 4.35. The van der Waals surface area contributed by atoms with Crippen LogP contribution in [-0.4, -0.2) is 39.8 Å². The van der Waals surface area contributed by atoms with Gasteiger partial charge in [-0.05, 0) is 12.2 Å². The molecule has 3 atom stereocenters. The van der Waals surface area contributed by atoms with Crippen LogP contribution in [-0.2, 0) is 10.8 Å². The second-order valence-corrected chi connectivity index (χ2v) is 6.24. The molecule has 4 heteroatoms. The molecule has 3 unspecified atom stereocenters. The molecule has 72 valence electrons. The van der Waals surface area contributed by atoms with Crippen molar-refractivity contribution < 1.29 is 4.21 Å². The minimum atomic E-state index is -0.646. The molecule has 1 aliphatic heterocycles. The molecule has 0 aliphatic carbocycles. The summed E-state index contributed by atoms with van der Waals surface area (Å²) in [4.78, 5) is 0. The van der Waals surface area contributed by atoms with Gasteiger partial charge in [0.25, 0.3) is 0 Å². The highest BCUT2D eigenvalue weighted by Crippen LogP contribution is 2.25. The monoisotopic (exact) mass is 207 g/mol. The van der Waals surface area contributed by atoms with Gasteiger partial charge in [-0.15, -0.1) is 0 Å². The number of hydrogen-bond acceptors (Lipinski definition) is 3. The fraction of sp³-hybridized carbons (Fsp3) is 1.00. The molecule has 0 saturated carbocycles. The summed E-state index contributed by atoms with van der Waals surface area (Å²) in [5, 5.41) is 4.18. The van der Waals surface area contributed by atoms with Crippen molar-refractivity contribution in [1.29, 1.82) is 0 Å². The van der Waals surface area contributed by atoms with Crippen LogP contribution in [0.2, 0.25) is 0 Å². The van der Waals surface area contributed by atoms with E-state index >= 15 is 0 Å². The van der Waals surface area contributed by atoms with E-state index < -0.39 is 10.8 Å². The Labute approximate surface area is 81.3 Å². The van der Waals surface area contributed by atoms with Gasteiger partial charge >= 0.3 is 0 Å². The van der Waals surface area contributed by atoms with Crippen molar-refractivity contribution >= 4 is 22.6 Å². The molecule has 1 saturated heterocycles. The van der Waals surface area contributed by atoms with Gasteiger partial charge in [-0.2, -0.15) is 11.8 Å². The van der Waals surface area contributed by atoms with Gasteiger partial charge in [0, 0.05) is 40.6 Å². The molecule has 0 aromatic heterocycles. The van der Waals surface area contributed by atoms with Crippen LogP contribution in [0.5, 0.6) is 0 Å². The number of hydrogen-bond donors (Lipinski definition) is 1. The van der Waals surface area contributed by atoms with E-state index in [4.69, 9.17) is 0 Å². The molecule has 1 rings (SSSR count). The highest BCUT2D eigenvalue weighted by Gasteiger charge is 2.22. The van der Waals surface area contributed by atoms with Crippen molar-refractivity contribution in [2.24, 2.45) is 0 Å². The highest BCUT2D eigenvalue weighted by atomic mass is 32.2. The molecule has 2 nitrogen and oxygen atoms in total. The number of thioether (sulfide) groups is 1. The first-order valence-corrected chi connectivity index (χ1v) is 7.13. The maximum atomic E-state index is 10.8. The zero-order valence-corrected chi connectivity index (χ0v) is 9.34. The summed E-state index contributed by atoms with van der Waals surface area (Å²) in [5.41, 5.74) is 0. The lowest BCUT2D eigenvalue weighted by Crippen LogP contribution is -2.35. The van der Waals surface area contributed by atoms with Crippen LogP contribution in [0.15, 0.2) is 0 Å². The first kappa shape index (κ1) is 10.5. The van der Waals surface area contributed by atoms with Gasteiger partial charge in [0.1, 0.15) is 0 Å². The molecule has 0 radical (unpaired) electrons. The summed E-state index contributed by atoms with van der Waals surface area (Å²) in [6, 6.07) is 0.651. The van der Waals surface area contributed by atoms with Crippen LogP contribution in [0, 0.1) is 0 Å². The fourth-order valence-corrected chi connectivity index (χ4v) is 3.02. The van der Waals surface area contributed by atoms with Crippen molar-refractivity contribution in [3.63, 3.8) is 0 Å². The second kappa shape index (κ2) is 5.25. The van der Waals surface area contributed by atoms with Crippen LogP contribution >= 0.6 is 11.8 Å². The zero-order valence-electron chi connectivity index (χ0n) is 7.71. The van der Waals surface area contributed by atoms with Crippen LogP contribution in [0.25, 0.3) is 0 Å². The molecule has 1 aliphatic rings. The van der Waals surface area contributed by atoms with Gasteiger partial charge in [0.05, 0.1) is 0 Å². The van der Waals surface area contributed by atoms with E-state index in [9.17, 15) is 4.21 Å². The van der Waals surface area contributed by atoms with Gasteiger partial charge < -0.3 is 5.32 Å². The van der Waals surface area contributed by atoms with Gasteiger partial charge in [0.2, 0.25) is 0 Å². The smallest absolute Gasteiger partial charge is 0.0357 e. The maximum absolute atomic E-state index is 10.8. The Morgan fingerprint density at radius 1 is 1.67 bits per heavy atom. The third-order valence-electron chi connectivity index (χ3n) is 2.17. The molecule has 12 heavy (non-hydrogen) atoms. The Bertz CT molecular complexity index is 163. The van der Waals surface area contributed by atoms with E-state index in [1.807, 2.05) is 11.8 Å². The lowest BCUT2D eigenvalue weighted by molar-refractivity contribution is 0.530. The molecule has 1 fully saturated rings. The van der Waals surface area contributed by atoms with Crippen molar-refractivity contribution in [2.45, 2.75) is 24.6 Å². The molecule has 0 aromatic carbocycles. The number of rotatable bonds is 4. The van der Waals surface area contributed by atoms with Gasteiger partial charge in [-0.1, -0.05) is 6.92 Å². The van der Waals surface area contributed by atoms with Crippen molar-refractivity contribution in [3.05, 3.63) is 0 Å². The van der Waals surface area contributed by atoms with Gasteiger partial charge in [-0.25, -0.2) is 0 Å². The Hall–Kier alpha value is 0.460. The summed E-state index contributed by atoms with van der Waals surface area (Å²) in [6.45, 7) is 3.16. The molecule has 0 amide bonds. The SMILES string of the molecule is CC1SCCC1NCCS(C)=O. The van der Waals surface area contributed by atoms with Crippen LogP contribution in [0.3, 0.4) is 0 Å². The zero-order chi connectivity index (χ0) is 8.97. The third kappa shape index (κ3) is 3.46. The van der Waals surface area contributed by atoms with E-state index in [2.05, 4.69) is 12.2 Å². The Kier molecular flexibility index (Phi) is 4.61. The molecular formula is C8H17NOS2. The van der Waals surface area contributed by atoms with E-state index in [0.29, 0.717) is 6.04 Å². The van der Waals surface area contributed by atoms with Crippen molar-refractivity contribution in [1.82, 2.24) is 5.32 Å². The van der Waals surface area contributed by atoms with E-state index in [-0.39, 0.29) is 0 Å². The maximum Gasteiger partial charge on any atom is 0.0357 e. The summed E-state index contributed by atoms with van der Waals surface area (Å²) >= 11 is 2.03. The summed E-state index contributed by atoms with van der Waals surface area (Å²) in [6.07, 6.45) is 3.02. The van der Waals surface area contributed by atoms with Crippen LogP contribution < -0.4 is 5.32 Å². The van der Waals surface area contributed by atoms with Crippen LogP contribution in [0.4, 0.5) is 0 Å². The highest BCUT2D eigenvalue weighted by molar-refractivity contribution is 8.00. The fourth-order valence-electron chi connectivity index (χ4n) is 1.39. The predicted octanol–water partition coefficient (Wildman–Crippen LogP) is 0.849. The Morgan fingerprint density at radius 3 is 2.92 bits per heavy atom. The van der Waals surface area contributed by atoms with Gasteiger partial charge in [-0.3, -0.25) is 4.21 Å². The molecule has 1 N–H and O–H groups in total. The van der Waals surface area contributed by atoms with Crippen molar-refractivity contribution in [3.8, 4) is 0 Å². The largest absolute Gasteiger partial charge is 0.312 e. The quantitative estimate of drug-likeness (QED) is 0.741. The minimum Gasteiger partial charge on any atom is -0.312 e. The standard InChI is InChI=1S/C8H17NOS2/c1-7-8(3-5-11-7)9-4-6-12(2)10/h7-9H,3-6H2,1-2H3. The van der Waals surface area contributed by atoms with Crippen LogP contribution in [0.1, 0.15) is 13.3 Å². The van der Waals surface area contributed by atoms with Crippen molar-refractivity contribution in [2.75, 3.05) is 24.3 Å². The third-order valence-corrected chi connectivity index (χ3v) is 4.28. The molecule has 0 spiro atoms. The average molecular weight is 207 g/mol. The average Bonchev–Trinajstić information content (AvgIpc) is 2.36. The second-order valence-electron chi connectivity index (χ2n) is 3.20. The predicted molar refractivity (Wildman–Crippen MR) is 57.3 cm³/mol. The lowest BCUT2D eigenvalue weighted by Gasteiger charge is -2.15.